The zero-order valence-electron chi connectivity index (χ0n) is 15.6. The third-order valence-electron chi connectivity index (χ3n) is 4.74. The van der Waals surface area contributed by atoms with Gasteiger partial charge in [-0.2, -0.15) is 0 Å². The molecule has 1 aliphatic heterocycles. The predicted molar refractivity (Wildman–Crippen MR) is 104 cm³/mol. The first kappa shape index (κ1) is 18.9. The maximum atomic E-state index is 13.1. The second-order valence-electron chi connectivity index (χ2n) is 7.56. The van der Waals surface area contributed by atoms with Gasteiger partial charge < -0.3 is 9.47 Å². The summed E-state index contributed by atoms with van der Waals surface area (Å²) < 4.78 is 27.6. The number of carbonyl (C=O) groups excluding carboxylic acids is 1. The van der Waals surface area contributed by atoms with Gasteiger partial charge in [0.2, 0.25) is 10.0 Å². The lowest BCUT2D eigenvalue weighted by atomic mass is 10.0. The smallest absolute Gasteiger partial charge is 0.256 e. The van der Waals surface area contributed by atoms with Gasteiger partial charge in [0.05, 0.1) is 11.8 Å². The van der Waals surface area contributed by atoms with Crippen LogP contribution >= 0.6 is 0 Å². The summed E-state index contributed by atoms with van der Waals surface area (Å²) in [4.78, 5) is 14.9. The number of hydrogen-bond acceptors (Lipinski definition) is 3. The molecule has 0 radical (unpaired) electrons. The Bertz CT molecular complexity index is 894. The first-order chi connectivity index (χ1) is 12.2. The SMILES string of the molecule is CC(C)Cn1cc(C(=O)N2CCC(NS(C)(=O)=O)CC2)c2ccccc21. The molecule has 6 nitrogen and oxygen atoms in total. The summed E-state index contributed by atoms with van der Waals surface area (Å²) in [5, 5.41) is 0.981. The number of benzene rings is 1. The van der Waals surface area contributed by atoms with E-state index in [9.17, 15) is 13.2 Å². The highest BCUT2D eigenvalue weighted by molar-refractivity contribution is 7.88. The zero-order valence-corrected chi connectivity index (χ0v) is 16.4. The first-order valence-electron chi connectivity index (χ1n) is 9.09. The van der Waals surface area contributed by atoms with Crippen LogP contribution in [0.3, 0.4) is 0 Å². The summed E-state index contributed by atoms with van der Waals surface area (Å²) >= 11 is 0. The van der Waals surface area contributed by atoms with Crippen molar-refractivity contribution >= 4 is 26.8 Å². The molecular weight excluding hydrogens is 350 g/mol. The Balaban J connectivity index is 1.79. The first-order valence-corrected chi connectivity index (χ1v) is 11.0. The molecule has 1 saturated heterocycles. The summed E-state index contributed by atoms with van der Waals surface area (Å²) in [5.74, 6) is 0.521. The lowest BCUT2D eigenvalue weighted by Gasteiger charge is -2.31. The Morgan fingerprint density at radius 3 is 2.50 bits per heavy atom. The maximum absolute atomic E-state index is 13.1. The van der Waals surface area contributed by atoms with E-state index in [1.807, 2.05) is 29.3 Å². The largest absolute Gasteiger partial charge is 0.346 e. The van der Waals surface area contributed by atoms with Gasteiger partial charge in [0.25, 0.3) is 5.91 Å². The number of fused-ring (bicyclic) bond motifs is 1. The lowest BCUT2D eigenvalue weighted by molar-refractivity contribution is 0.0713. The van der Waals surface area contributed by atoms with E-state index in [2.05, 4.69) is 29.2 Å². The zero-order chi connectivity index (χ0) is 18.9. The quantitative estimate of drug-likeness (QED) is 0.870. The number of likely N-dealkylation sites (tertiary alicyclic amines) is 1. The molecule has 7 heteroatoms. The van der Waals surface area contributed by atoms with Crippen LogP contribution in [0.4, 0.5) is 0 Å². The molecule has 1 aliphatic rings. The Kier molecular flexibility index (Phi) is 5.39. The second-order valence-corrected chi connectivity index (χ2v) is 9.34. The van der Waals surface area contributed by atoms with Crippen molar-refractivity contribution in [3.05, 3.63) is 36.0 Å². The molecular formula is C19H27N3O3S. The van der Waals surface area contributed by atoms with Crippen molar-refractivity contribution in [1.82, 2.24) is 14.2 Å². The standard InChI is InChI=1S/C19H27N3O3S/c1-14(2)12-22-13-17(16-6-4-5-7-18(16)22)19(23)21-10-8-15(9-11-21)20-26(3,24)25/h4-7,13-15,20H,8-12H2,1-3H3. The van der Waals surface area contributed by atoms with Crippen molar-refractivity contribution in [2.24, 2.45) is 5.92 Å². The van der Waals surface area contributed by atoms with Crippen molar-refractivity contribution in [3.8, 4) is 0 Å². The normalized spacial score (nSPS) is 16.5. The molecule has 1 aromatic carbocycles. The number of nitrogens with one attached hydrogen (secondary N) is 1. The number of para-hydroxylation sites is 1. The highest BCUT2D eigenvalue weighted by Crippen LogP contribution is 2.25. The Labute approximate surface area is 155 Å². The van der Waals surface area contributed by atoms with Gasteiger partial charge in [-0.3, -0.25) is 4.79 Å². The van der Waals surface area contributed by atoms with E-state index >= 15 is 0 Å². The van der Waals surface area contributed by atoms with Crippen molar-refractivity contribution in [2.75, 3.05) is 19.3 Å². The molecule has 1 fully saturated rings. The Morgan fingerprint density at radius 1 is 1.23 bits per heavy atom. The predicted octanol–water partition coefficient (Wildman–Crippen LogP) is 2.45. The molecule has 26 heavy (non-hydrogen) atoms. The van der Waals surface area contributed by atoms with Crippen molar-refractivity contribution in [3.63, 3.8) is 0 Å². The topological polar surface area (TPSA) is 71.4 Å². The summed E-state index contributed by atoms with van der Waals surface area (Å²) in [5.41, 5.74) is 1.81. The number of carbonyl (C=O) groups is 1. The number of aromatic nitrogens is 1. The monoisotopic (exact) mass is 377 g/mol. The van der Waals surface area contributed by atoms with E-state index in [4.69, 9.17) is 0 Å². The minimum absolute atomic E-state index is 0.0292. The highest BCUT2D eigenvalue weighted by atomic mass is 32.2. The summed E-state index contributed by atoms with van der Waals surface area (Å²) in [7, 11) is -3.21. The minimum Gasteiger partial charge on any atom is -0.346 e. The Hall–Kier alpha value is -1.86. The van der Waals surface area contributed by atoms with Crippen LogP contribution in [0.15, 0.2) is 30.5 Å². The fourth-order valence-electron chi connectivity index (χ4n) is 3.64. The number of piperidine rings is 1. The minimum atomic E-state index is -3.21. The van der Waals surface area contributed by atoms with Gasteiger partial charge in [0.15, 0.2) is 0 Å². The van der Waals surface area contributed by atoms with Gasteiger partial charge in [-0.15, -0.1) is 0 Å². The van der Waals surface area contributed by atoms with Crippen LogP contribution in [-0.2, 0) is 16.6 Å². The van der Waals surface area contributed by atoms with Crippen LogP contribution in [0.5, 0.6) is 0 Å². The van der Waals surface area contributed by atoms with E-state index in [0.29, 0.717) is 31.8 Å². The molecule has 0 bridgehead atoms. The molecule has 1 amide bonds. The van der Waals surface area contributed by atoms with Crippen LogP contribution in [0, 0.1) is 5.92 Å². The summed E-state index contributed by atoms with van der Waals surface area (Å²) in [6, 6.07) is 7.92. The van der Waals surface area contributed by atoms with Gasteiger partial charge in [-0.1, -0.05) is 32.0 Å². The van der Waals surface area contributed by atoms with E-state index in [1.165, 1.54) is 6.26 Å². The average Bonchev–Trinajstić information content (AvgIpc) is 2.92. The number of sulfonamides is 1. The number of rotatable bonds is 5. The van der Waals surface area contributed by atoms with Crippen LogP contribution in [0.2, 0.25) is 0 Å². The van der Waals surface area contributed by atoms with Gasteiger partial charge >= 0.3 is 0 Å². The van der Waals surface area contributed by atoms with Crippen LogP contribution in [0.25, 0.3) is 10.9 Å². The van der Waals surface area contributed by atoms with Crippen LogP contribution in [0.1, 0.15) is 37.0 Å². The van der Waals surface area contributed by atoms with Gasteiger partial charge in [-0.05, 0) is 24.8 Å². The molecule has 2 aromatic rings. The maximum Gasteiger partial charge on any atom is 0.256 e. The van der Waals surface area contributed by atoms with Gasteiger partial charge in [0, 0.05) is 42.8 Å². The molecule has 0 aliphatic carbocycles. The van der Waals surface area contributed by atoms with E-state index < -0.39 is 10.0 Å². The molecule has 0 atom stereocenters. The molecule has 1 aromatic heterocycles. The van der Waals surface area contributed by atoms with E-state index in [1.54, 1.807) is 0 Å². The molecule has 1 N–H and O–H groups in total. The fourth-order valence-corrected chi connectivity index (χ4v) is 4.48. The van der Waals surface area contributed by atoms with Crippen LogP contribution < -0.4 is 4.72 Å². The Morgan fingerprint density at radius 2 is 1.88 bits per heavy atom. The van der Waals surface area contributed by atoms with Crippen molar-refractivity contribution in [2.45, 2.75) is 39.3 Å². The van der Waals surface area contributed by atoms with E-state index in [0.717, 1.165) is 23.0 Å². The number of nitrogens with zero attached hydrogens (tertiary/aromatic N) is 2. The molecule has 3 rings (SSSR count). The van der Waals surface area contributed by atoms with Gasteiger partial charge in [0.1, 0.15) is 0 Å². The third-order valence-corrected chi connectivity index (χ3v) is 5.51. The molecule has 0 unspecified atom stereocenters. The van der Waals surface area contributed by atoms with Crippen LogP contribution in [-0.4, -0.2) is 49.2 Å². The average molecular weight is 378 g/mol. The summed E-state index contributed by atoms with van der Waals surface area (Å²) in [6.07, 6.45) is 4.43. The number of hydrogen-bond donors (Lipinski definition) is 1. The number of amides is 1. The highest BCUT2D eigenvalue weighted by Gasteiger charge is 2.27. The van der Waals surface area contributed by atoms with Crippen molar-refractivity contribution in [1.29, 1.82) is 0 Å². The molecule has 142 valence electrons. The lowest BCUT2D eigenvalue weighted by Crippen LogP contribution is -2.46. The second kappa shape index (κ2) is 7.40. The molecule has 0 spiro atoms. The fraction of sp³-hybridized carbons (Fsp3) is 0.526. The molecule has 2 heterocycles. The molecule has 0 saturated carbocycles. The third kappa shape index (κ3) is 4.27. The van der Waals surface area contributed by atoms with E-state index in [-0.39, 0.29) is 11.9 Å². The van der Waals surface area contributed by atoms with Crippen molar-refractivity contribution < 1.29 is 13.2 Å². The summed E-state index contributed by atoms with van der Waals surface area (Å²) in [6.45, 7) is 6.32. The van der Waals surface area contributed by atoms with Gasteiger partial charge in [-0.25, -0.2) is 13.1 Å².